The Labute approximate surface area is 124 Å². The molecular weight excluding hydrogens is 402 g/mol. The molecule has 0 saturated heterocycles. The molecule has 0 unspecified atom stereocenters. The average Bonchev–Trinajstić information content (AvgIpc) is 1.76. The van der Waals surface area contributed by atoms with Crippen LogP contribution in [0.15, 0.2) is 12.2 Å². The molecule has 0 aromatic heterocycles. The molecule has 0 atom stereocenters. The van der Waals surface area contributed by atoms with Gasteiger partial charge < -0.3 is 56.9 Å². The molecule has 0 aliphatic heterocycles. The molecule has 0 heterocycles. The predicted octanol–water partition coefficient (Wildman–Crippen LogP) is -5.04. The molecule has 0 aromatic rings. The van der Waals surface area contributed by atoms with Crippen LogP contribution in [0.4, 0.5) is 0 Å². The molecule has 4 heteroatoms. The Bertz CT molecular complexity index is 136. The molecule has 0 aliphatic rings. The van der Waals surface area contributed by atoms with Gasteiger partial charge in [-0.15, -0.1) is 0 Å². The lowest BCUT2D eigenvalue weighted by atomic mass is 10.4. The first kappa shape index (κ1) is 20.5. The van der Waals surface area contributed by atoms with E-state index in [0.717, 1.165) is 22.1 Å². The van der Waals surface area contributed by atoms with Crippen molar-refractivity contribution >= 4 is 0 Å². The van der Waals surface area contributed by atoms with E-state index in [0.29, 0.717) is 0 Å². The molecule has 0 aliphatic carbocycles. The molecule has 88 valence electrons. The monoisotopic (exact) mass is 426 g/mol. The number of halogens is 2. The highest BCUT2D eigenvalue weighted by molar-refractivity contribution is 4.80. The summed E-state index contributed by atoms with van der Waals surface area (Å²) in [6.45, 7) is 2.22. The van der Waals surface area contributed by atoms with Gasteiger partial charge >= 0.3 is 0 Å². The van der Waals surface area contributed by atoms with Gasteiger partial charge in [-0.25, -0.2) is 0 Å². The fraction of sp³-hybridized carbons (Fsp3) is 0.800. The van der Waals surface area contributed by atoms with Gasteiger partial charge in [-0.05, 0) is 12.2 Å². The highest BCUT2D eigenvalue weighted by atomic mass is 127. The SMILES string of the molecule is C[N+](C)(C)CC=CC[N+](C)(C)C.[I-].[I-]. The summed E-state index contributed by atoms with van der Waals surface area (Å²) in [6, 6.07) is 0. The van der Waals surface area contributed by atoms with Crippen molar-refractivity contribution in [3.05, 3.63) is 12.2 Å². The van der Waals surface area contributed by atoms with E-state index in [9.17, 15) is 0 Å². The van der Waals surface area contributed by atoms with E-state index in [2.05, 4.69) is 54.4 Å². The molecule has 14 heavy (non-hydrogen) atoms. The second-order valence-electron chi connectivity index (χ2n) is 5.42. The Hall–Kier alpha value is 1.12. The Morgan fingerprint density at radius 3 is 1.00 bits per heavy atom. The quantitative estimate of drug-likeness (QED) is 0.240. The summed E-state index contributed by atoms with van der Waals surface area (Å²) in [7, 11) is 13.2. The van der Waals surface area contributed by atoms with Crippen LogP contribution in [0.1, 0.15) is 0 Å². The van der Waals surface area contributed by atoms with Gasteiger partial charge in [0.25, 0.3) is 0 Å². The maximum absolute atomic E-state index is 2.27. The zero-order valence-corrected chi connectivity index (χ0v) is 14.5. The molecule has 0 fully saturated rings. The highest BCUT2D eigenvalue weighted by Gasteiger charge is 2.04. The van der Waals surface area contributed by atoms with E-state index in [-0.39, 0.29) is 48.0 Å². The van der Waals surface area contributed by atoms with Crippen molar-refractivity contribution in [2.75, 3.05) is 55.4 Å². The summed E-state index contributed by atoms with van der Waals surface area (Å²) in [6.07, 6.45) is 4.53. The summed E-state index contributed by atoms with van der Waals surface area (Å²) in [5.41, 5.74) is 0. The summed E-state index contributed by atoms with van der Waals surface area (Å²) in [5.74, 6) is 0. The maximum atomic E-state index is 2.27. The summed E-state index contributed by atoms with van der Waals surface area (Å²) >= 11 is 0. The maximum Gasteiger partial charge on any atom is 0.0969 e. The van der Waals surface area contributed by atoms with Crippen LogP contribution in [0.2, 0.25) is 0 Å². The molecule has 2 nitrogen and oxygen atoms in total. The van der Waals surface area contributed by atoms with Crippen molar-refractivity contribution in [2.24, 2.45) is 0 Å². The predicted molar refractivity (Wildman–Crippen MR) is 54.9 cm³/mol. The van der Waals surface area contributed by atoms with Crippen molar-refractivity contribution in [3.63, 3.8) is 0 Å². The van der Waals surface area contributed by atoms with Gasteiger partial charge in [0.2, 0.25) is 0 Å². The topological polar surface area (TPSA) is 0 Å². The lowest BCUT2D eigenvalue weighted by Crippen LogP contribution is -3.00. The van der Waals surface area contributed by atoms with E-state index in [1.165, 1.54) is 0 Å². The van der Waals surface area contributed by atoms with E-state index >= 15 is 0 Å². The fourth-order valence-corrected chi connectivity index (χ4v) is 0.782. The number of likely N-dealkylation sites (N-methyl/N-ethyl adjacent to an activating group) is 2. The van der Waals surface area contributed by atoms with E-state index in [1.807, 2.05) is 0 Å². The van der Waals surface area contributed by atoms with E-state index < -0.39 is 0 Å². The number of hydrogen-bond donors (Lipinski definition) is 0. The van der Waals surface area contributed by atoms with Crippen molar-refractivity contribution in [3.8, 4) is 0 Å². The van der Waals surface area contributed by atoms with Gasteiger partial charge in [0, 0.05) is 0 Å². The van der Waals surface area contributed by atoms with Gasteiger partial charge in [0.05, 0.1) is 55.4 Å². The molecule has 0 N–H and O–H groups in total. The van der Waals surface area contributed by atoms with E-state index in [4.69, 9.17) is 0 Å². The molecule has 0 bridgehead atoms. The second kappa shape index (κ2) is 8.29. The molecule has 0 radical (unpaired) electrons. The van der Waals surface area contributed by atoms with Gasteiger partial charge in [-0.3, -0.25) is 0 Å². The number of rotatable bonds is 4. The van der Waals surface area contributed by atoms with Crippen LogP contribution in [-0.4, -0.2) is 64.3 Å². The largest absolute Gasteiger partial charge is 1.00 e. The Morgan fingerprint density at radius 1 is 0.643 bits per heavy atom. The van der Waals surface area contributed by atoms with Gasteiger partial charge in [0.1, 0.15) is 0 Å². The van der Waals surface area contributed by atoms with Crippen LogP contribution >= 0.6 is 0 Å². The third kappa shape index (κ3) is 18.8. The number of quaternary nitrogens is 2. The summed E-state index contributed by atoms with van der Waals surface area (Å²) < 4.78 is 2.02. The minimum Gasteiger partial charge on any atom is -1.00 e. The third-order valence-corrected chi connectivity index (χ3v) is 1.47. The number of nitrogens with zero attached hydrogens (tertiary/aromatic N) is 2. The molecular formula is C10H24I2N2. The lowest BCUT2D eigenvalue weighted by Gasteiger charge is -2.23. The Balaban J connectivity index is -0.000000605. The van der Waals surface area contributed by atoms with Crippen molar-refractivity contribution in [1.82, 2.24) is 0 Å². The van der Waals surface area contributed by atoms with Crippen molar-refractivity contribution in [2.45, 2.75) is 0 Å². The second-order valence-corrected chi connectivity index (χ2v) is 5.42. The number of hydrogen-bond acceptors (Lipinski definition) is 0. The highest BCUT2D eigenvalue weighted by Crippen LogP contribution is 1.93. The van der Waals surface area contributed by atoms with Gasteiger partial charge in [0.15, 0.2) is 0 Å². The van der Waals surface area contributed by atoms with Crippen LogP contribution in [-0.2, 0) is 0 Å². The van der Waals surface area contributed by atoms with Crippen molar-refractivity contribution < 1.29 is 56.9 Å². The Kier molecular flexibility index (Phi) is 12.2. The molecule has 0 rings (SSSR count). The normalized spacial score (nSPS) is 12.1. The molecule has 0 saturated carbocycles. The van der Waals surface area contributed by atoms with Crippen LogP contribution < -0.4 is 48.0 Å². The summed E-state index contributed by atoms with van der Waals surface area (Å²) in [4.78, 5) is 0. The molecule has 0 amide bonds. The van der Waals surface area contributed by atoms with Crippen LogP contribution in [0.25, 0.3) is 0 Å². The lowest BCUT2D eigenvalue weighted by molar-refractivity contribution is -0.866. The smallest absolute Gasteiger partial charge is 0.0969 e. The van der Waals surface area contributed by atoms with Crippen LogP contribution in [0.5, 0.6) is 0 Å². The zero-order chi connectivity index (χ0) is 9.83. The van der Waals surface area contributed by atoms with Gasteiger partial charge in [-0.1, -0.05) is 0 Å². The summed E-state index contributed by atoms with van der Waals surface area (Å²) in [5, 5.41) is 0. The standard InChI is InChI=1S/C10H24N2.2HI/c1-11(2,3)9-7-8-10-12(4,5)6;;/h7-8H,9-10H2,1-6H3;2*1H/q+2;;/p-2. The Morgan fingerprint density at radius 2 is 0.857 bits per heavy atom. The molecule has 0 spiro atoms. The van der Waals surface area contributed by atoms with Crippen molar-refractivity contribution in [1.29, 1.82) is 0 Å². The van der Waals surface area contributed by atoms with Crippen LogP contribution in [0.3, 0.4) is 0 Å². The first-order valence-corrected chi connectivity index (χ1v) is 4.47. The first-order chi connectivity index (χ1) is 5.21. The average molecular weight is 426 g/mol. The molecule has 0 aromatic carbocycles. The minimum atomic E-state index is 0. The van der Waals surface area contributed by atoms with Crippen LogP contribution in [0, 0.1) is 0 Å². The fourth-order valence-electron chi connectivity index (χ4n) is 0.782. The first-order valence-electron chi connectivity index (χ1n) is 4.47. The van der Waals surface area contributed by atoms with Gasteiger partial charge in [-0.2, -0.15) is 0 Å². The third-order valence-electron chi connectivity index (χ3n) is 1.47. The minimum absolute atomic E-state index is 0. The zero-order valence-electron chi connectivity index (χ0n) is 10.2. The van der Waals surface area contributed by atoms with E-state index in [1.54, 1.807) is 0 Å².